The Morgan fingerprint density at radius 3 is 2.65 bits per heavy atom. The zero-order chi connectivity index (χ0) is 14.8. The Morgan fingerprint density at radius 1 is 1.50 bits per heavy atom. The summed E-state index contributed by atoms with van der Waals surface area (Å²) in [5, 5.41) is 12.1. The molecule has 1 aromatic rings. The van der Waals surface area contributed by atoms with Crippen LogP contribution in [0.3, 0.4) is 0 Å². The van der Waals surface area contributed by atoms with E-state index in [2.05, 4.69) is 5.32 Å². The van der Waals surface area contributed by atoms with Gasteiger partial charge in [0.25, 0.3) is 0 Å². The molecule has 1 aliphatic rings. The minimum Gasteiger partial charge on any atom is -0.313 e. The molecule has 5 nitrogen and oxygen atoms in total. The Bertz CT molecular complexity index is 636. The molecular formula is C13H16ClN3O2S. The van der Waals surface area contributed by atoms with Crippen LogP contribution in [-0.2, 0) is 10.0 Å². The fourth-order valence-electron chi connectivity index (χ4n) is 2.08. The van der Waals surface area contributed by atoms with Crippen molar-refractivity contribution in [3.63, 3.8) is 0 Å². The maximum absolute atomic E-state index is 12.7. The summed E-state index contributed by atoms with van der Waals surface area (Å²) in [5.74, 6) is 0. The highest BCUT2D eigenvalue weighted by atomic mass is 35.5. The third-order valence-electron chi connectivity index (χ3n) is 3.28. The molecule has 0 saturated carbocycles. The summed E-state index contributed by atoms with van der Waals surface area (Å²) in [7, 11) is -3.57. The number of hydrogen-bond donors (Lipinski definition) is 1. The number of sulfonamides is 1. The zero-order valence-corrected chi connectivity index (χ0v) is 12.7. The average molecular weight is 314 g/mol. The predicted molar refractivity (Wildman–Crippen MR) is 77.0 cm³/mol. The van der Waals surface area contributed by atoms with Crippen LogP contribution in [0.1, 0.15) is 18.9 Å². The van der Waals surface area contributed by atoms with Crippen LogP contribution < -0.4 is 5.32 Å². The molecule has 0 bridgehead atoms. The summed E-state index contributed by atoms with van der Waals surface area (Å²) in [6.07, 6.45) is 0.750. The van der Waals surface area contributed by atoms with Crippen molar-refractivity contribution in [3.8, 4) is 6.07 Å². The maximum Gasteiger partial charge on any atom is 0.243 e. The minimum absolute atomic E-state index is 0.00521. The molecule has 108 valence electrons. The Balaban J connectivity index is 2.37. The van der Waals surface area contributed by atoms with Gasteiger partial charge in [-0.05, 0) is 24.6 Å². The van der Waals surface area contributed by atoms with Crippen molar-refractivity contribution in [3.05, 3.63) is 28.8 Å². The number of benzene rings is 1. The van der Waals surface area contributed by atoms with Gasteiger partial charge in [0.1, 0.15) is 6.07 Å². The van der Waals surface area contributed by atoms with E-state index in [4.69, 9.17) is 16.9 Å². The molecule has 1 N–H and O–H groups in total. The molecule has 20 heavy (non-hydrogen) atoms. The van der Waals surface area contributed by atoms with Gasteiger partial charge in [-0.3, -0.25) is 0 Å². The first-order valence-corrected chi connectivity index (χ1v) is 8.24. The van der Waals surface area contributed by atoms with Crippen LogP contribution in [0.15, 0.2) is 23.1 Å². The second-order valence-electron chi connectivity index (χ2n) is 4.68. The van der Waals surface area contributed by atoms with Crippen LogP contribution in [0.25, 0.3) is 0 Å². The fraction of sp³-hybridized carbons (Fsp3) is 0.462. The van der Waals surface area contributed by atoms with E-state index in [9.17, 15) is 8.42 Å². The summed E-state index contributed by atoms with van der Waals surface area (Å²) < 4.78 is 26.8. The van der Waals surface area contributed by atoms with Crippen LogP contribution in [0.2, 0.25) is 5.02 Å². The molecule has 1 fully saturated rings. The molecule has 2 rings (SSSR count). The van der Waals surface area contributed by atoms with E-state index in [0.717, 1.165) is 6.42 Å². The van der Waals surface area contributed by atoms with Crippen molar-refractivity contribution in [2.45, 2.75) is 24.3 Å². The first-order valence-electron chi connectivity index (χ1n) is 6.43. The van der Waals surface area contributed by atoms with Gasteiger partial charge < -0.3 is 5.32 Å². The third kappa shape index (κ3) is 2.81. The van der Waals surface area contributed by atoms with Crippen molar-refractivity contribution in [2.24, 2.45) is 0 Å². The lowest BCUT2D eigenvalue weighted by Crippen LogP contribution is -2.58. The molecule has 0 aliphatic carbocycles. The normalized spacial score (nSPS) is 15.9. The van der Waals surface area contributed by atoms with Crippen molar-refractivity contribution >= 4 is 21.6 Å². The van der Waals surface area contributed by atoms with Crippen molar-refractivity contribution in [1.82, 2.24) is 9.62 Å². The van der Waals surface area contributed by atoms with Gasteiger partial charge in [-0.15, -0.1) is 0 Å². The molecule has 0 atom stereocenters. The average Bonchev–Trinajstić information content (AvgIpc) is 2.36. The smallest absolute Gasteiger partial charge is 0.243 e. The first kappa shape index (κ1) is 15.3. The Labute approximate surface area is 124 Å². The van der Waals surface area contributed by atoms with Gasteiger partial charge in [0.05, 0.1) is 21.5 Å². The number of nitriles is 1. The highest BCUT2D eigenvalue weighted by Crippen LogP contribution is 2.25. The van der Waals surface area contributed by atoms with E-state index in [1.807, 2.05) is 13.0 Å². The molecular weight excluding hydrogens is 298 g/mol. The van der Waals surface area contributed by atoms with Gasteiger partial charge in [-0.2, -0.15) is 9.57 Å². The molecule has 1 heterocycles. The van der Waals surface area contributed by atoms with E-state index in [0.29, 0.717) is 19.6 Å². The second-order valence-corrected chi connectivity index (χ2v) is 6.98. The largest absolute Gasteiger partial charge is 0.313 e. The lowest BCUT2D eigenvalue weighted by molar-refractivity contribution is 0.242. The highest BCUT2D eigenvalue weighted by Gasteiger charge is 2.34. The molecule has 1 aliphatic heterocycles. The molecule has 1 aromatic carbocycles. The molecule has 1 saturated heterocycles. The Hall–Kier alpha value is -1.13. The predicted octanol–water partition coefficient (Wildman–Crippen LogP) is 1.58. The molecule has 0 aromatic heterocycles. The molecule has 0 spiro atoms. The first-order chi connectivity index (χ1) is 9.50. The molecule has 0 radical (unpaired) electrons. The lowest BCUT2D eigenvalue weighted by atomic mass is 10.2. The van der Waals surface area contributed by atoms with Gasteiger partial charge in [0, 0.05) is 19.6 Å². The van der Waals surface area contributed by atoms with Crippen molar-refractivity contribution < 1.29 is 8.42 Å². The van der Waals surface area contributed by atoms with E-state index in [1.54, 1.807) is 0 Å². The minimum atomic E-state index is -3.57. The van der Waals surface area contributed by atoms with Crippen LogP contribution >= 0.6 is 11.6 Å². The van der Waals surface area contributed by atoms with E-state index in [-0.39, 0.29) is 21.5 Å². The van der Waals surface area contributed by atoms with Gasteiger partial charge in [-0.1, -0.05) is 18.5 Å². The van der Waals surface area contributed by atoms with Crippen LogP contribution in [0, 0.1) is 11.3 Å². The summed E-state index contributed by atoms with van der Waals surface area (Å²) >= 11 is 5.93. The number of hydrogen-bond acceptors (Lipinski definition) is 4. The zero-order valence-electron chi connectivity index (χ0n) is 11.1. The molecule has 7 heteroatoms. The van der Waals surface area contributed by atoms with Gasteiger partial charge >= 0.3 is 0 Å². The monoisotopic (exact) mass is 313 g/mol. The number of halogens is 1. The quantitative estimate of drug-likeness (QED) is 0.896. The lowest BCUT2D eigenvalue weighted by Gasteiger charge is -2.37. The van der Waals surface area contributed by atoms with E-state index < -0.39 is 10.0 Å². The van der Waals surface area contributed by atoms with Crippen molar-refractivity contribution in [2.75, 3.05) is 19.6 Å². The van der Waals surface area contributed by atoms with E-state index in [1.165, 1.54) is 22.5 Å². The maximum atomic E-state index is 12.7. The Kier molecular flexibility index (Phi) is 4.66. The second kappa shape index (κ2) is 6.10. The van der Waals surface area contributed by atoms with E-state index >= 15 is 0 Å². The SMILES string of the molecule is CCCN(C1CNC1)S(=O)(=O)c1ccc(C#N)c(Cl)c1. The van der Waals surface area contributed by atoms with Crippen molar-refractivity contribution in [1.29, 1.82) is 5.26 Å². The fourth-order valence-corrected chi connectivity index (χ4v) is 4.11. The number of rotatable bonds is 5. The molecule has 0 unspecified atom stereocenters. The van der Waals surface area contributed by atoms with Crippen LogP contribution in [-0.4, -0.2) is 38.4 Å². The van der Waals surface area contributed by atoms with Gasteiger partial charge in [0.15, 0.2) is 0 Å². The standard InChI is InChI=1S/C13H16ClN3O2S/c1-2-5-17(11-8-16-9-11)20(18,19)12-4-3-10(7-15)13(14)6-12/h3-4,6,11,16H,2,5,8-9H2,1H3. The Morgan fingerprint density at radius 2 is 2.20 bits per heavy atom. The van der Waals surface area contributed by atoms with Crippen LogP contribution in [0.5, 0.6) is 0 Å². The molecule has 0 amide bonds. The van der Waals surface area contributed by atoms with Gasteiger partial charge in [0.2, 0.25) is 10.0 Å². The number of nitrogens with zero attached hydrogens (tertiary/aromatic N) is 2. The number of nitrogens with one attached hydrogen (secondary N) is 1. The summed E-state index contributed by atoms with van der Waals surface area (Å²) in [6.45, 7) is 3.76. The van der Waals surface area contributed by atoms with Crippen LogP contribution in [0.4, 0.5) is 0 Å². The summed E-state index contributed by atoms with van der Waals surface area (Å²) in [4.78, 5) is 0.141. The van der Waals surface area contributed by atoms with Gasteiger partial charge in [-0.25, -0.2) is 8.42 Å². The summed E-state index contributed by atoms with van der Waals surface area (Å²) in [5.41, 5.74) is 0.276. The third-order valence-corrected chi connectivity index (χ3v) is 5.54. The highest BCUT2D eigenvalue weighted by molar-refractivity contribution is 7.89. The topological polar surface area (TPSA) is 73.2 Å². The summed E-state index contributed by atoms with van der Waals surface area (Å²) in [6, 6.07) is 6.15.